The van der Waals surface area contributed by atoms with Crippen LogP contribution in [0.25, 0.3) is 0 Å². The minimum atomic E-state index is -0.805. The van der Waals surface area contributed by atoms with Crippen molar-refractivity contribution in [3.63, 3.8) is 0 Å². The van der Waals surface area contributed by atoms with E-state index >= 15 is 0 Å². The number of carboxylic acids is 1. The zero-order chi connectivity index (χ0) is 12.0. The predicted octanol–water partition coefficient (Wildman–Crippen LogP) is 3.23. The number of carboxylic acid groups (broad SMARTS) is 1. The second kappa shape index (κ2) is 6.89. The molecular formula is C13H24O3. The minimum absolute atomic E-state index is 0.173. The molecule has 0 amide bonds. The highest BCUT2D eigenvalue weighted by Gasteiger charge is 2.26. The first-order chi connectivity index (χ1) is 7.67. The van der Waals surface area contributed by atoms with Gasteiger partial charge in [0.2, 0.25) is 0 Å². The molecule has 1 aliphatic rings. The van der Waals surface area contributed by atoms with Crippen molar-refractivity contribution in [2.75, 3.05) is 0 Å². The summed E-state index contributed by atoms with van der Waals surface area (Å²) in [5.74, 6) is -0.0738. The maximum Gasteiger partial charge on any atom is 0.332 e. The molecule has 1 N–H and O–H groups in total. The number of rotatable bonds is 6. The summed E-state index contributed by atoms with van der Waals surface area (Å²) in [6.07, 6.45) is 6.80. The van der Waals surface area contributed by atoms with E-state index in [1.807, 2.05) is 6.92 Å². The van der Waals surface area contributed by atoms with Crippen molar-refractivity contribution >= 4 is 5.97 Å². The van der Waals surface area contributed by atoms with Crippen LogP contribution >= 0.6 is 0 Å². The molecule has 0 aliphatic heterocycles. The van der Waals surface area contributed by atoms with Crippen molar-refractivity contribution in [2.45, 2.75) is 71.0 Å². The van der Waals surface area contributed by atoms with Gasteiger partial charge in [-0.15, -0.1) is 0 Å². The molecule has 16 heavy (non-hydrogen) atoms. The monoisotopic (exact) mass is 228 g/mol. The number of carbonyl (C=O) groups is 1. The smallest absolute Gasteiger partial charge is 0.332 e. The lowest BCUT2D eigenvalue weighted by atomic mass is 9.85. The van der Waals surface area contributed by atoms with Crippen LogP contribution in [0.1, 0.15) is 58.8 Å². The normalized spacial score (nSPS) is 27.6. The molecule has 0 aromatic heterocycles. The maximum absolute atomic E-state index is 11.0. The highest BCUT2D eigenvalue weighted by atomic mass is 16.5. The Balaban J connectivity index is 2.41. The van der Waals surface area contributed by atoms with Gasteiger partial charge in [-0.2, -0.15) is 0 Å². The third kappa shape index (κ3) is 4.12. The van der Waals surface area contributed by atoms with Crippen molar-refractivity contribution in [3.8, 4) is 0 Å². The van der Waals surface area contributed by atoms with Crippen LogP contribution in [0.3, 0.4) is 0 Å². The molecule has 3 nitrogen and oxygen atoms in total. The topological polar surface area (TPSA) is 46.5 Å². The van der Waals surface area contributed by atoms with Gasteiger partial charge in [-0.25, -0.2) is 4.79 Å². The summed E-state index contributed by atoms with van der Waals surface area (Å²) in [5.41, 5.74) is 0. The predicted molar refractivity (Wildman–Crippen MR) is 63.5 cm³/mol. The van der Waals surface area contributed by atoms with Gasteiger partial charge in [0.25, 0.3) is 0 Å². The molecular weight excluding hydrogens is 204 g/mol. The fourth-order valence-corrected chi connectivity index (χ4v) is 2.48. The summed E-state index contributed by atoms with van der Waals surface area (Å²) in [6.45, 7) is 4.20. The van der Waals surface area contributed by atoms with Gasteiger partial charge in [0.05, 0.1) is 6.10 Å². The van der Waals surface area contributed by atoms with Crippen molar-refractivity contribution < 1.29 is 14.6 Å². The zero-order valence-corrected chi connectivity index (χ0v) is 10.4. The average Bonchev–Trinajstić information content (AvgIpc) is 2.28. The van der Waals surface area contributed by atoms with E-state index in [0.717, 1.165) is 25.2 Å². The van der Waals surface area contributed by atoms with E-state index in [9.17, 15) is 4.79 Å². The summed E-state index contributed by atoms with van der Waals surface area (Å²) < 4.78 is 5.73. The van der Waals surface area contributed by atoms with E-state index < -0.39 is 12.1 Å². The second-order valence-electron chi connectivity index (χ2n) is 4.81. The van der Waals surface area contributed by atoms with E-state index in [2.05, 4.69) is 6.92 Å². The molecule has 94 valence electrons. The van der Waals surface area contributed by atoms with E-state index in [1.54, 1.807) is 0 Å². The van der Waals surface area contributed by atoms with Gasteiger partial charge >= 0.3 is 5.97 Å². The van der Waals surface area contributed by atoms with Gasteiger partial charge in [-0.05, 0) is 25.2 Å². The lowest BCUT2D eigenvalue weighted by Gasteiger charge is -2.30. The summed E-state index contributed by atoms with van der Waals surface area (Å²) >= 11 is 0. The van der Waals surface area contributed by atoms with Crippen LogP contribution in [0, 0.1) is 5.92 Å². The van der Waals surface area contributed by atoms with E-state index in [1.165, 1.54) is 19.3 Å². The molecule has 0 bridgehead atoms. The Hall–Kier alpha value is -0.570. The first-order valence-electron chi connectivity index (χ1n) is 6.55. The van der Waals surface area contributed by atoms with Crippen molar-refractivity contribution in [2.24, 2.45) is 5.92 Å². The third-order valence-electron chi connectivity index (χ3n) is 3.50. The highest BCUT2D eigenvalue weighted by Crippen LogP contribution is 2.29. The first kappa shape index (κ1) is 13.5. The van der Waals surface area contributed by atoms with Gasteiger partial charge in [-0.3, -0.25) is 0 Å². The molecule has 1 aliphatic carbocycles. The summed E-state index contributed by atoms with van der Waals surface area (Å²) in [6, 6.07) is 0. The first-order valence-corrected chi connectivity index (χ1v) is 6.55. The Morgan fingerprint density at radius 2 is 2.19 bits per heavy atom. The molecule has 0 saturated heterocycles. The minimum Gasteiger partial charge on any atom is -0.479 e. The number of ether oxygens (including phenoxy) is 1. The Morgan fingerprint density at radius 1 is 1.44 bits per heavy atom. The molecule has 0 aromatic rings. The molecule has 0 aromatic carbocycles. The standard InChI is InChI=1S/C13H24O3/c1-3-6-12(13(14)15)16-11-8-5-7-10(4-2)9-11/h10-12H,3-9H2,1-2H3,(H,14,15). The molecule has 1 fully saturated rings. The van der Waals surface area contributed by atoms with Gasteiger partial charge in [0, 0.05) is 0 Å². The molecule has 3 unspecified atom stereocenters. The fourth-order valence-electron chi connectivity index (χ4n) is 2.48. The third-order valence-corrected chi connectivity index (χ3v) is 3.50. The molecule has 3 heteroatoms. The molecule has 3 atom stereocenters. The molecule has 1 saturated carbocycles. The Morgan fingerprint density at radius 3 is 2.75 bits per heavy atom. The van der Waals surface area contributed by atoms with Crippen molar-refractivity contribution in [1.82, 2.24) is 0 Å². The van der Waals surface area contributed by atoms with Crippen LogP contribution in [0.5, 0.6) is 0 Å². The number of hydrogen-bond donors (Lipinski definition) is 1. The van der Waals surface area contributed by atoms with Crippen molar-refractivity contribution in [1.29, 1.82) is 0 Å². The Labute approximate surface area is 98.2 Å². The quantitative estimate of drug-likeness (QED) is 0.759. The second-order valence-corrected chi connectivity index (χ2v) is 4.81. The van der Waals surface area contributed by atoms with Crippen LogP contribution in [0.2, 0.25) is 0 Å². The molecule has 1 rings (SSSR count). The Bertz CT molecular complexity index is 215. The van der Waals surface area contributed by atoms with E-state index in [4.69, 9.17) is 9.84 Å². The summed E-state index contributed by atoms with van der Waals surface area (Å²) in [4.78, 5) is 11.0. The molecule has 0 spiro atoms. The van der Waals surface area contributed by atoms with Gasteiger partial charge in [0.15, 0.2) is 6.10 Å². The average molecular weight is 228 g/mol. The molecule has 0 radical (unpaired) electrons. The summed E-state index contributed by atoms with van der Waals surface area (Å²) in [7, 11) is 0. The van der Waals surface area contributed by atoms with Gasteiger partial charge in [0.1, 0.15) is 0 Å². The maximum atomic E-state index is 11.0. The van der Waals surface area contributed by atoms with Crippen molar-refractivity contribution in [3.05, 3.63) is 0 Å². The highest BCUT2D eigenvalue weighted by molar-refractivity contribution is 5.72. The largest absolute Gasteiger partial charge is 0.479 e. The van der Waals surface area contributed by atoms with Gasteiger partial charge in [-0.1, -0.05) is 39.5 Å². The lowest BCUT2D eigenvalue weighted by Crippen LogP contribution is -2.32. The molecule has 0 heterocycles. The van der Waals surface area contributed by atoms with Crippen LogP contribution in [-0.2, 0) is 9.53 Å². The van der Waals surface area contributed by atoms with E-state index in [-0.39, 0.29) is 6.10 Å². The van der Waals surface area contributed by atoms with Crippen LogP contribution in [-0.4, -0.2) is 23.3 Å². The SMILES string of the molecule is CCCC(OC1CCCC(CC)C1)C(=O)O. The zero-order valence-electron chi connectivity index (χ0n) is 10.4. The number of hydrogen-bond acceptors (Lipinski definition) is 2. The van der Waals surface area contributed by atoms with Crippen LogP contribution in [0.15, 0.2) is 0 Å². The van der Waals surface area contributed by atoms with Crippen LogP contribution in [0.4, 0.5) is 0 Å². The fraction of sp³-hybridized carbons (Fsp3) is 0.923. The number of aliphatic carboxylic acids is 1. The lowest BCUT2D eigenvalue weighted by molar-refractivity contribution is -0.156. The van der Waals surface area contributed by atoms with Gasteiger partial charge < -0.3 is 9.84 Å². The summed E-state index contributed by atoms with van der Waals surface area (Å²) in [5, 5.41) is 9.03. The van der Waals surface area contributed by atoms with E-state index in [0.29, 0.717) is 6.42 Å². The Kier molecular flexibility index (Phi) is 5.81. The van der Waals surface area contributed by atoms with Crippen LogP contribution < -0.4 is 0 Å².